The van der Waals surface area contributed by atoms with Gasteiger partial charge in [0.15, 0.2) is 0 Å². The average molecular weight is 522 g/mol. The summed E-state index contributed by atoms with van der Waals surface area (Å²) in [6.45, 7) is 0. The summed E-state index contributed by atoms with van der Waals surface area (Å²) in [5.41, 5.74) is 7.19. The molecule has 0 aromatic heterocycles. The number of fused-ring (bicyclic) bond motifs is 1. The van der Waals surface area contributed by atoms with Gasteiger partial charge in [-0.1, -0.05) is 78.9 Å². The smallest absolute Gasteiger partial charge is 0.271 e. The monoisotopic (exact) mass is 521 g/mol. The van der Waals surface area contributed by atoms with Crippen LogP contribution in [-0.2, 0) is 0 Å². The summed E-state index contributed by atoms with van der Waals surface area (Å²) >= 11 is 0. The molecule has 0 saturated heterocycles. The average Bonchev–Trinajstić information content (AvgIpc) is 3.02. The van der Waals surface area contributed by atoms with E-state index in [2.05, 4.69) is 108 Å². The van der Waals surface area contributed by atoms with Gasteiger partial charge in [0, 0.05) is 47.6 Å². The molecule has 5 heteroatoms. The highest BCUT2D eigenvalue weighted by molar-refractivity contribution is 5.90. The van der Waals surface area contributed by atoms with Crippen LogP contribution in [0.25, 0.3) is 21.9 Å². The lowest BCUT2D eigenvalue weighted by Gasteiger charge is -2.27. The number of non-ortho nitro benzene ring substituents is 1. The van der Waals surface area contributed by atoms with E-state index in [0.717, 1.165) is 39.6 Å². The zero-order valence-corrected chi connectivity index (χ0v) is 22.0. The lowest BCUT2D eigenvalue weighted by atomic mass is 10.0. The Morgan fingerprint density at radius 1 is 0.500 bits per heavy atom. The fourth-order valence-electron chi connectivity index (χ4n) is 5.01. The molecular formula is C35H27N3O2. The molecule has 0 aliphatic carbocycles. The Bertz CT molecular complexity index is 1800. The van der Waals surface area contributed by atoms with E-state index in [1.165, 1.54) is 16.8 Å². The van der Waals surface area contributed by atoms with Crippen molar-refractivity contribution in [3.63, 3.8) is 0 Å². The van der Waals surface area contributed by atoms with Crippen LogP contribution in [0.5, 0.6) is 0 Å². The molecule has 0 amide bonds. The predicted octanol–water partition coefficient (Wildman–Crippen LogP) is 9.65. The van der Waals surface area contributed by atoms with Gasteiger partial charge in [-0.15, -0.1) is 0 Å². The third-order valence-corrected chi connectivity index (χ3v) is 7.13. The van der Waals surface area contributed by atoms with Crippen LogP contribution in [0.3, 0.4) is 0 Å². The van der Waals surface area contributed by atoms with Crippen molar-refractivity contribution < 1.29 is 4.92 Å². The third-order valence-electron chi connectivity index (χ3n) is 7.13. The van der Waals surface area contributed by atoms with Crippen molar-refractivity contribution in [2.75, 3.05) is 16.8 Å². The fraction of sp³-hybridized carbons (Fsp3) is 0.0286. The van der Waals surface area contributed by atoms with Crippen LogP contribution < -0.4 is 9.80 Å². The minimum atomic E-state index is -0.370. The second kappa shape index (κ2) is 10.8. The third kappa shape index (κ3) is 5.00. The van der Waals surface area contributed by atoms with E-state index < -0.39 is 0 Å². The molecule has 0 N–H and O–H groups in total. The van der Waals surface area contributed by atoms with Gasteiger partial charge in [-0.25, -0.2) is 0 Å². The molecule has 0 spiro atoms. The maximum absolute atomic E-state index is 11.3. The van der Waals surface area contributed by atoms with Crippen molar-refractivity contribution in [3.8, 4) is 11.1 Å². The molecule has 0 atom stereocenters. The van der Waals surface area contributed by atoms with Gasteiger partial charge in [-0.05, 0) is 76.5 Å². The summed E-state index contributed by atoms with van der Waals surface area (Å²) in [6, 6.07) is 48.8. The van der Waals surface area contributed by atoms with Crippen LogP contribution in [0.15, 0.2) is 146 Å². The first kappa shape index (κ1) is 24.9. The molecule has 0 bridgehead atoms. The minimum absolute atomic E-state index is 0.0711. The summed E-state index contributed by atoms with van der Waals surface area (Å²) in [7, 11) is 1.92. The van der Waals surface area contributed by atoms with Crippen molar-refractivity contribution in [2.45, 2.75) is 0 Å². The maximum Gasteiger partial charge on any atom is 0.271 e. The van der Waals surface area contributed by atoms with Crippen LogP contribution >= 0.6 is 0 Å². The van der Waals surface area contributed by atoms with E-state index in [-0.39, 0.29) is 10.6 Å². The summed E-state index contributed by atoms with van der Waals surface area (Å²) in [5.74, 6) is 0. The quantitative estimate of drug-likeness (QED) is 0.155. The second-order valence-electron chi connectivity index (χ2n) is 9.64. The van der Waals surface area contributed by atoms with Crippen molar-refractivity contribution in [2.24, 2.45) is 0 Å². The molecule has 6 rings (SSSR count). The SMILES string of the molecule is CN(c1ccc(N(c2cccc(-c3ccccc3)c2)c2ccc3ccccc3c2)cc1)c1cccc([N+](=O)[O-])c1. The van der Waals surface area contributed by atoms with Crippen molar-refractivity contribution in [1.29, 1.82) is 0 Å². The molecule has 0 saturated carbocycles. The molecule has 0 aliphatic heterocycles. The molecule has 0 heterocycles. The van der Waals surface area contributed by atoms with E-state index in [9.17, 15) is 10.1 Å². The Hall–Kier alpha value is -5.42. The van der Waals surface area contributed by atoms with Gasteiger partial charge in [0.05, 0.1) is 4.92 Å². The molecule has 0 aliphatic rings. The predicted molar refractivity (Wildman–Crippen MR) is 165 cm³/mol. The first-order chi connectivity index (χ1) is 19.6. The fourth-order valence-corrected chi connectivity index (χ4v) is 5.01. The zero-order valence-electron chi connectivity index (χ0n) is 22.0. The van der Waals surface area contributed by atoms with Gasteiger partial charge in [0.2, 0.25) is 0 Å². The first-order valence-corrected chi connectivity index (χ1v) is 13.1. The van der Waals surface area contributed by atoms with Crippen LogP contribution in [-0.4, -0.2) is 12.0 Å². The summed E-state index contributed by atoms with van der Waals surface area (Å²) < 4.78 is 0. The molecule has 0 radical (unpaired) electrons. The number of hydrogen-bond acceptors (Lipinski definition) is 4. The molecular weight excluding hydrogens is 494 g/mol. The Labute approximate surface area is 233 Å². The maximum atomic E-state index is 11.3. The Morgan fingerprint density at radius 2 is 1.10 bits per heavy atom. The van der Waals surface area contributed by atoms with Crippen molar-refractivity contribution in [3.05, 3.63) is 156 Å². The highest BCUT2D eigenvalue weighted by Crippen LogP contribution is 2.39. The van der Waals surface area contributed by atoms with Gasteiger partial charge in [-0.3, -0.25) is 10.1 Å². The zero-order chi connectivity index (χ0) is 27.5. The number of benzene rings is 6. The van der Waals surface area contributed by atoms with Crippen LogP contribution in [0.4, 0.5) is 34.1 Å². The number of nitro benzene ring substituents is 1. The summed E-state index contributed by atoms with van der Waals surface area (Å²) in [5, 5.41) is 13.6. The van der Waals surface area contributed by atoms with E-state index in [4.69, 9.17) is 0 Å². The largest absolute Gasteiger partial charge is 0.344 e. The van der Waals surface area contributed by atoms with E-state index in [0.29, 0.717) is 0 Å². The summed E-state index contributed by atoms with van der Waals surface area (Å²) in [4.78, 5) is 15.1. The molecule has 194 valence electrons. The number of rotatable bonds is 7. The number of nitrogens with zero attached hydrogens (tertiary/aromatic N) is 3. The topological polar surface area (TPSA) is 49.6 Å². The lowest BCUT2D eigenvalue weighted by molar-refractivity contribution is -0.384. The highest BCUT2D eigenvalue weighted by atomic mass is 16.6. The molecule has 0 fully saturated rings. The van der Waals surface area contributed by atoms with Gasteiger partial charge in [-0.2, -0.15) is 0 Å². The van der Waals surface area contributed by atoms with Crippen LogP contribution in [0, 0.1) is 10.1 Å². The Kier molecular flexibility index (Phi) is 6.69. The van der Waals surface area contributed by atoms with Gasteiger partial charge in [0.25, 0.3) is 5.69 Å². The Morgan fingerprint density at radius 3 is 1.88 bits per heavy atom. The number of anilines is 5. The van der Waals surface area contributed by atoms with E-state index >= 15 is 0 Å². The van der Waals surface area contributed by atoms with Gasteiger partial charge >= 0.3 is 0 Å². The molecule has 0 unspecified atom stereocenters. The molecule has 5 nitrogen and oxygen atoms in total. The van der Waals surface area contributed by atoms with E-state index in [1.807, 2.05) is 36.2 Å². The number of nitro groups is 1. The normalized spacial score (nSPS) is 10.8. The van der Waals surface area contributed by atoms with Crippen molar-refractivity contribution >= 4 is 44.9 Å². The lowest BCUT2D eigenvalue weighted by Crippen LogP contribution is -2.12. The highest BCUT2D eigenvalue weighted by Gasteiger charge is 2.16. The van der Waals surface area contributed by atoms with E-state index in [1.54, 1.807) is 12.1 Å². The Balaban J connectivity index is 1.42. The van der Waals surface area contributed by atoms with Crippen LogP contribution in [0.2, 0.25) is 0 Å². The van der Waals surface area contributed by atoms with Gasteiger partial charge in [0.1, 0.15) is 0 Å². The number of hydrogen-bond donors (Lipinski definition) is 0. The summed E-state index contributed by atoms with van der Waals surface area (Å²) in [6.07, 6.45) is 0. The first-order valence-electron chi connectivity index (χ1n) is 13.1. The molecule has 40 heavy (non-hydrogen) atoms. The minimum Gasteiger partial charge on any atom is -0.344 e. The molecule has 6 aromatic rings. The van der Waals surface area contributed by atoms with Crippen LogP contribution in [0.1, 0.15) is 0 Å². The second-order valence-corrected chi connectivity index (χ2v) is 9.64. The standard InChI is InChI=1S/C35H27N3O2/c1-36(32-14-8-16-35(25-32)38(39)40)30-19-21-31(22-20-30)37(34-18-17-27-11-5-6-12-28(27)24-34)33-15-7-13-29(23-33)26-9-3-2-4-10-26/h2-25H,1H3. The van der Waals surface area contributed by atoms with Gasteiger partial charge < -0.3 is 9.80 Å². The van der Waals surface area contributed by atoms with Crippen molar-refractivity contribution in [1.82, 2.24) is 0 Å². The molecule has 6 aromatic carbocycles.